The number of nitrogens with one attached hydrogen (secondary N) is 1. The van der Waals surface area contributed by atoms with Crippen molar-refractivity contribution in [1.29, 1.82) is 0 Å². The molecule has 1 saturated heterocycles. The maximum Gasteiger partial charge on any atom is 0.238 e. The first-order valence-electron chi connectivity index (χ1n) is 12.8. The second kappa shape index (κ2) is 8.86. The third-order valence-corrected chi connectivity index (χ3v) is 9.74. The third-order valence-electron chi connectivity index (χ3n) is 8.33. The van der Waals surface area contributed by atoms with E-state index < -0.39 is 23.4 Å². The van der Waals surface area contributed by atoms with Gasteiger partial charge in [-0.1, -0.05) is 76.6 Å². The number of anilines is 2. The first-order valence-corrected chi connectivity index (χ1v) is 14.4. The van der Waals surface area contributed by atoms with Gasteiger partial charge in [0, 0.05) is 27.0 Å². The van der Waals surface area contributed by atoms with Gasteiger partial charge in [-0.2, -0.15) is 0 Å². The van der Waals surface area contributed by atoms with Crippen molar-refractivity contribution in [1.82, 2.24) is 0 Å². The highest BCUT2D eigenvalue weighted by molar-refractivity contribution is 9.10. The Morgan fingerprint density at radius 3 is 2.44 bits per heavy atom. The van der Waals surface area contributed by atoms with Crippen molar-refractivity contribution < 1.29 is 14.4 Å². The molecule has 0 bridgehead atoms. The van der Waals surface area contributed by atoms with Gasteiger partial charge in [0.15, 0.2) is 11.6 Å². The highest BCUT2D eigenvalue weighted by Gasteiger charge is 2.70. The van der Waals surface area contributed by atoms with E-state index in [1.807, 2.05) is 83.9 Å². The number of allylic oxidation sites excluding steroid dienone is 1. The molecule has 7 heteroatoms. The molecule has 39 heavy (non-hydrogen) atoms. The highest BCUT2D eigenvalue weighted by Crippen LogP contribution is 2.58. The Morgan fingerprint density at radius 2 is 1.67 bits per heavy atom. The van der Waals surface area contributed by atoms with Gasteiger partial charge in [0.25, 0.3) is 0 Å². The Morgan fingerprint density at radius 1 is 0.923 bits per heavy atom. The predicted octanol–water partition coefficient (Wildman–Crippen LogP) is 6.76. The molecule has 5 nitrogen and oxygen atoms in total. The zero-order valence-corrected chi connectivity index (χ0v) is 23.3. The van der Waals surface area contributed by atoms with Crippen LogP contribution in [0.15, 0.2) is 101 Å². The van der Waals surface area contributed by atoms with Crippen LogP contribution in [0, 0.1) is 5.92 Å². The van der Waals surface area contributed by atoms with Gasteiger partial charge in [0.05, 0.1) is 16.8 Å². The number of carbonyl (C=O) groups is 3. The van der Waals surface area contributed by atoms with Crippen LogP contribution in [0.5, 0.6) is 0 Å². The first kappa shape index (κ1) is 24.2. The third kappa shape index (κ3) is 3.33. The van der Waals surface area contributed by atoms with E-state index in [4.69, 9.17) is 0 Å². The molecule has 1 N–H and O–H groups in total. The number of amides is 1. The van der Waals surface area contributed by atoms with E-state index in [-0.39, 0.29) is 17.5 Å². The molecule has 3 aromatic carbocycles. The van der Waals surface area contributed by atoms with Crippen LogP contribution in [0.25, 0.3) is 5.57 Å². The lowest BCUT2D eigenvalue weighted by atomic mass is 9.64. The first-order chi connectivity index (χ1) is 18.9. The summed E-state index contributed by atoms with van der Waals surface area (Å²) in [5.41, 5.74) is 3.49. The maximum atomic E-state index is 14.7. The largest absolute Gasteiger partial charge is 0.352 e. The van der Waals surface area contributed by atoms with Crippen LogP contribution in [0.2, 0.25) is 0 Å². The summed E-state index contributed by atoms with van der Waals surface area (Å²) >= 11 is 4.82. The number of para-hydroxylation sites is 2. The van der Waals surface area contributed by atoms with Gasteiger partial charge in [-0.05, 0) is 53.8 Å². The quantitative estimate of drug-likeness (QED) is 0.265. The number of ketones is 2. The molecule has 1 aromatic heterocycles. The molecule has 0 aliphatic carbocycles. The van der Waals surface area contributed by atoms with Crippen molar-refractivity contribution in [2.24, 2.45) is 5.92 Å². The molecule has 4 heterocycles. The summed E-state index contributed by atoms with van der Waals surface area (Å²) in [4.78, 5) is 46.1. The minimum absolute atomic E-state index is 0.151. The molecule has 192 valence electrons. The van der Waals surface area contributed by atoms with Gasteiger partial charge in [0.2, 0.25) is 5.91 Å². The van der Waals surface area contributed by atoms with E-state index in [1.54, 1.807) is 18.2 Å². The lowest BCUT2D eigenvalue weighted by Gasteiger charge is -2.39. The summed E-state index contributed by atoms with van der Waals surface area (Å²) in [5.74, 6) is -1.58. The van der Waals surface area contributed by atoms with Crippen molar-refractivity contribution in [3.8, 4) is 0 Å². The van der Waals surface area contributed by atoms with E-state index in [0.29, 0.717) is 16.1 Å². The summed E-state index contributed by atoms with van der Waals surface area (Å²) in [6, 6.07) is 24.9. The molecule has 4 unspecified atom stereocenters. The number of nitrogens with zero attached hydrogens (tertiary/aromatic N) is 1. The molecule has 0 radical (unpaired) electrons. The fraction of sp³-hybridized carbons (Fsp3) is 0.156. The topological polar surface area (TPSA) is 66.5 Å². The van der Waals surface area contributed by atoms with Crippen molar-refractivity contribution >= 4 is 61.7 Å². The van der Waals surface area contributed by atoms with Crippen molar-refractivity contribution in [2.45, 2.75) is 24.4 Å². The number of benzene rings is 3. The molecule has 7 rings (SSSR count). The molecule has 3 aliphatic heterocycles. The average molecular weight is 596 g/mol. The number of carbonyl (C=O) groups excluding carboxylic acids is 3. The molecule has 0 saturated carbocycles. The number of hydrogen-bond donors (Lipinski definition) is 1. The second-order valence-electron chi connectivity index (χ2n) is 10.2. The van der Waals surface area contributed by atoms with Gasteiger partial charge in [-0.15, -0.1) is 11.3 Å². The molecule has 3 aliphatic rings. The second-order valence-corrected chi connectivity index (χ2v) is 12.1. The smallest absolute Gasteiger partial charge is 0.238 e. The summed E-state index contributed by atoms with van der Waals surface area (Å²) in [6.45, 7) is 2.03. The van der Waals surface area contributed by atoms with Crippen molar-refractivity contribution in [2.75, 3.05) is 10.2 Å². The highest BCUT2D eigenvalue weighted by atomic mass is 79.9. The number of rotatable bonds is 4. The minimum Gasteiger partial charge on any atom is -0.352 e. The Bertz CT molecular complexity index is 1690. The van der Waals surface area contributed by atoms with Crippen LogP contribution in [0.4, 0.5) is 11.4 Å². The lowest BCUT2D eigenvalue weighted by molar-refractivity contribution is -0.121. The van der Waals surface area contributed by atoms with Crippen molar-refractivity contribution in [3.63, 3.8) is 0 Å². The minimum atomic E-state index is -1.30. The lowest BCUT2D eigenvalue weighted by Crippen LogP contribution is -2.51. The van der Waals surface area contributed by atoms with Crippen LogP contribution in [0.3, 0.4) is 0 Å². The van der Waals surface area contributed by atoms with Crippen LogP contribution in [0.1, 0.15) is 38.1 Å². The summed E-state index contributed by atoms with van der Waals surface area (Å²) in [6.07, 6.45) is 2.08. The Balaban J connectivity index is 1.56. The number of halogens is 1. The fourth-order valence-corrected chi connectivity index (χ4v) is 7.71. The molecule has 4 atom stereocenters. The fourth-order valence-electron chi connectivity index (χ4n) is 6.75. The molecular weight excluding hydrogens is 572 g/mol. The van der Waals surface area contributed by atoms with E-state index in [1.165, 1.54) is 11.3 Å². The maximum absolute atomic E-state index is 14.7. The predicted molar refractivity (Wildman–Crippen MR) is 158 cm³/mol. The Labute approximate surface area is 238 Å². The van der Waals surface area contributed by atoms with Crippen molar-refractivity contribution in [3.05, 3.63) is 122 Å². The normalized spacial score (nSPS) is 24.6. The Kier molecular flexibility index (Phi) is 5.51. The Hall–Kier alpha value is -3.81. The number of Topliss-reactive ketones (excluding diaryl/α,β-unsaturated/α-hetero) is 2. The zero-order valence-electron chi connectivity index (χ0n) is 20.9. The number of hydrogen-bond acceptors (Lipinski definition) is 5. The van der Waals surface area contributed by atoms with Gasteiger partial charge in [-0.3, -0.25) is 14.4 Å². The van der Waals surface area contributed by atoms with E-state index in [0.717, 1.165) is 26.9 Å². The number of fused-ring (bicyclic) bond motifs is 6. The summed E-state index contributed by atoms with van der Waals surface area (Å²) in [5, 5.41) is 4.95. The molecule has 1 amide bonds. The molecular formula is C32H23BrN2O3S. The SMILES string of the molecule is CC1=CC2N(c3ccccc31)C(C(=O)c1cccs1)C(C(=O)c1ccc(Br)cc1)C21C(=O)Nc2ccccc21. The van der Waals surface area contributed by atoms with Gasteiger partial charge < -0.3 is 10.2 Å². The average Bonchev–Trinajstić information content (AvgIpc) is 3.66. The summed E-state index contributed by atoms with van der Waals surface area (Å²) < 4.78 is 0.847. The molecule has 1 fully saturated rings. The van der Waals surface area contributed by atoms with Gasteiger partial charge >= 0.3 is 0 Å². The zero-order chi connectivity index (χ0) is 26.9. The van der Waals surface area contributed by atoms with Crippen LogP contribution >= 0.6 is 27.3 Å². The molecule has 1 spiro atoms. The van der Waals surface area contributed by atoms with E-state index >= 15 is 0 Å². The van der Waals surface area contributed by atoms with E-state index in [9.17, 15) is 14.4 Å². The standard InChI is InChI=1S/C32H23BrN2O3S/c1-18-17-26-32(22-8-3-4-9-23(22)34-31(32)38)27(29(36)19-12-14-20(33)15-13-19)28(30(37)25-11-6-16-39-25)35(26)24-10-5-2-7-21(18)24/h2-17,26-28H,1H3,(H,34,38). The van der Waals surface area contributed by atoms with Crippen LogP contribution < -0.4 is 10.2 Å². The van der Waals surface area contributed by atoms with Gasteiger partial charge in [0.1, 0.15) is 11.5 Å². The van der Waals surface area contributed by atoms with Crippen LogP contribution in [-0.2, 0) is 10.2 Å². The monoisotopic (exact) mass is 594 g/mol. The van der Waals surface area contributed by atoms with Gasteiger partial charge in [-0.25, -0.2) is 0 Å². The molecule has 4 aromatic rings. The van der Waals surface area contributed by atoms with Crippen LogP contribution in [-0.4, -0.2) is 29.6 Å². The number of thiophene rings is 1. The van der Waals surface area contributed by atoms with E-state index in [2.05, 4.69) is 27.3 Å². The summed E-state index contributed by atoms with van der Waals surface area (Å²) in [7, 11) is 0.